The molecule has 0 unspecified atom stereocenters. The van der Waals surface area contributed by atoms with Crippen molar-refractivity contribution in [2.45, 2.75) is 26.2 Å². The zero-order valence-electron chi connectivity index (χ0n) is 13.0. The van der Waals surface area contributed by atoms with E-state index in [1.807, 2.05) is 30.3 Å². The van der Waals surface area contributed by atoms with Gasteiger partial charge in [-0.25, -0.2) is 14.8 Å². The van der Waals surface area contributed by atoms with Crippen LogP contribution < -0.4 is 0 Å². The second-order valence-corrected chi connectivity index (χ2v) is 5.58. The van der Waals surface area contributed by atoms with Gasteiger partial charge in [0.15, 0.2) is 5.82 Å². The van der Waals surface area contributed by atoms with Crippen molar-refractivity contribution < 1.29 is 14.3 Å². The van der Waals surface area contributed by atoms with Crippen LogP contribution >= 0.6 is 0 Å². The third-order valence-electron chi connectivity index (χ3n) is 3.75. The summed E-state index contributed by atoms with van der Waals surface area (Å²) in [5.41, 5.74) is 1.87. The van der Waals surface area contributed by atoms with Gasteiger partial charge in [0.1, 0.15) is 0 Å². The van der Waals surface area contributed by atoms with Gasteiger partial charge in [-0.05, 0) is 25.3 Å². The van der Waals surface area contributed by atoms with Crippen LogP contribution in [-0.4, -0.2) is 28.3 Å². The number of hydrogen-bond donors (Lipinski definition) is 0. The number of ketones is 1. The minimum absolute atomic E-state index is 0.0327. The summed E-state index contributed by atoms with van der Waals surface area (Å²) in [5.74, 6) is -0.238. The Bertz CT molecular complexity index is 724. The van der Waals surface area contributed by atoms with Crippen LogP contribution in [0.5, 0.6) is 0 Å². The van der Waals surface area contributed by atoms with Crippen LogP contribution in [0.3, 0.4) is 0 Å². The Morgan fingerprint density at radius 2 is 1.96 bits per heavy atom. The van der Waals surface area contributed by atoms with Crippen LogP contribution in [0.1, 0.15) is 52.0 Å². The lowest BCUT2D eigenvalue weighted by molar-refractivity contribution is 0.0523. The normalized spacial score (nSPS) is 13.6. The van der Waals surface area contributed by atoms with Gasteiger partial charge < -0.3 is 4.74 Å². The van der Waals surface area contributed by atoms with Crippen molar-refractivity contribution in [2.75, 3.05) is 6.61 Å². The largest absolute Gasteiger partial charge is 0.462 e. The molecule has 118 valence electrons. The smallest absolute Gasteiger partial charge is 0.341 e. The highest BCUT2D eigenvalue weighted by atomic mass is 16.5. The highest BCUT2D eigenvalue weighted by Gasteiger charge is 2.32. The lowest BCUT2D eigenvalue weighted by atomic mass is 10.1. The van der Waals surface area contributed by atoms with Crippen molar-refractivity contribution in [1.29, 1.82) is 0 Å². The van der Waals surface area contributed by atoms with E-state index in [4.69, 9.17) is 4.74 Å². The number of aromatic nitrogens is 2. The third-order valence-corrected chi connectivity index (χ3v) is 3.75. The molecule has 1 saturated carbocycles. The SMILES string of the molecule is CCOC(=O)c1cnc(C(=O)C2CC2)nc1Cc1ccccc1. The van der Waals surface area contributed by atoms with Gasteiger partial charge >= 0.3 is 5.97 Å². The van der Waals surface area contributed by atoms with Gasteiger partial charge in [-0.1, -0.05) is 30.3 Å². The summed E-state index contributed by atoms with van der Waals surface area (Å²) in [6.07, 6.45) is 3.67. The fourth-order valence-corrected chi connectivity index (χ4v) is 2.37. The van der Waals surface area contributed by atoms with E-state index in [1.165, 1.54) is 6.20 Å². The molecule has 1 aliphatic carbocycles. The van der Waals surface area contributed by atoms with E-state index in [0.717, 1.165) is 18.4 Å². The topological polar surface area (TPSA) is 69.2 Å². The fourth-order valence-electron chi connectivity index (χ4n) is 2.37. The van der Waals surface area contributed by atoms with Gasteiger partial charge in [-0.3, -0.25) is 4.79 Å². The molecule has 1 aromatic carbocycles. The highest BCUT2D eigenvalue weighted by molar-refractivity contribution is 5.97. The van der Waals surface area contributed by atoms with Gasteiger partial charge in [-0.15, -0.1) is 0 Å². The Labute approximate surface area is 134 Å². The first-order valence-corrected chi connectivity index (χ1v) is 7.80. The molecule has 5 nitrogen and oxygen atoms in total. The number of hydrogen-bond acceptors (Lipinski definition) is 5. The molecule has 2 aromatic rings. The maximum absolute atomic E-state index is 12.2. The number of Topliss-reactive ketones (excluding diaryl/α,β-unsaturated/α-hetero) is 1. The van der Waals surface area contributed by atoms with Crippen LogP contribution in [0.15, 0.2) is 36.5 Å². The van der Waals surface area contributed by atoms with Gasteiger partial charge in [0.25, 0.3) is 0 Å². The average Bonchev–Trinajstić information content (AvgIpc) is 3.40. The van der Waals surface area contributed by atoms with Crippen molar-refractivity contribution in [2.24, 2.45) is 5.92 Å². The zero-order chi connectivity index (χ0) is 16.2. The molecule has 0 N–H and O–H groups in total. The summed E-state index contributed by atoms with van der Waals surface area (Å²) in [5, 5.41) is 0. The predicted molar refractivity (Wildman–Crippen MR) is 84.3 cm³/mol. The molecule has 23 heavy (non-hydrogen) atoms. The van der Waals surface area contributed by atoms with Crippen LogP contribution in [0.2, 0.25) is 0 Å². The van der Waals surface area contributed by atoms with E-state index in [-0.39, 0.29) is 24.1 Å². The van der Waals surface area contributed by atoms with Crippen LogP contribution in [0.25, 0.3) is 0 Å². The fraction of sp³-hybridized carbons (Fsp3) is 0.333. The summed E-state index contributed by atoms with van der Waals surface area (Å²) in [6, 6.07) is 9.70. The number of benzene rings is 1. The molecule has 1 heterocycles. The Morgan fingerprint density at radius 1 is 1.22 bits per heavy atom. The van der Waals surface area contributed by atoms with Crippen LogP contribution in [0.4, 0.5) is 0 Å². The Balaban J connectivity index is 1.94. The maximum atomic E-state index is 12.2. The summed E-state index contributed by atoms with van der Waals surface area (Å²) in [7, 11) is 0. The molecular weight excluding hydrogens is 292 g/mol. The molecular formula is C18H18N2O3. The molecule has 0 radical (unpaired) electrons. The first kappa shape index (κ1) is 15.3. The maximum Gasteiger partial charge on any atom is 0.341 e. The van der Waals surface area contributed by atoms with Crippen molar-refractivity contribution >= 4 is 11.8 Å². The van der Waals surface area contributed by atoms with E-state index in [9.17, 15) is 9.59 Å². The summed E-state index contributed by atoms with van der Waals surface area (Å²) in [6.45, 7) is 2.03. The molecule has 0 spiro atoms. The Hall–Kier alpha value is -2.56. The lowest BCUT2D eigenvalue weighted by Crippen LogP contribution is -2.16. The molecule has 3 rings (SSSR count). The molecule has 0 bridgehead atoms. The number of nitrogens with zero attached hydrogens (tertiary/aromatic N) is 2. The van der Waals surface area contributed by atoms with E-state index in [1.54, 1.807) is 6.92 Å². The van der Waals surface area contributed by atoms with Gasteiger partial charge in [0.05, 0.1) is 17.9 Å². The second-order valence-electron chi connectivity index (χ2n) is 5.58. The summed E-state index contributed by atoms with van der Waals surface area (Å²) in [4.78, 5) is 32.7. The van der Waals surface area contributed by atoms with Crippen LogP contribution in [0, 0.1) is 5.92 Å². The Morgan fingerprint density at radius 3 is 2.61 bits per heavy atom. The molecule has 1 aliphatic rings. The number of carbonyl (C=O) groups is 2. The van der Waals surface area contributed by atoms with Gasteiger partial charge in [0.2, 0.25) is 5.78 Å². The highest BCUT2D eigenvalue weighted by Crippen LogP contribution is 2.31. The van der Waals surface area contributed by atoms with Crippen molar-refractivity contribution in [3.05, 3.63) is 59.2 Å². The van der Waals surface area contributed by atoms with E-state index in [2.05, 4.69) is 9.97 Å². The van der Waals surface area contributed by atoms with Crippen molar-refractivity contribution in [1.82, 2.24) is 9.97 Å². The quantitative estimate of drug-likeness (QED) is 0.606. The predicted octanol–water partition coefficient (Wildman–Crippen LogP) is 2.84. The van der Waals surface area contributed by atoms with Crippen LogP contribution in [-0.2, 0) is 11.2 Å². The minimum atomic E-state index is -0.455. The van der Waals surface area contributed by atoms with Crippen molar-refractivity contribution in [3.8, 4) is 0 Å². The number of ether oxygens (including phenoxy) is 1. The van der Waals surface area contributed by atoms with Gasteiger partial charge in [0, 0.05) is 18.5 Å². The van der Waals surface area contributed by atoms with E-state index >= 15 is 0 Å². The zero-order valence-corrected chi connectivity index (χ0v) is 13.0. The van der Waals surface area contributed by atoms with Gasteiger partial charge in [-0.2, -0.15) is 0 Å². The van der Waals surface area contributed by atoms with Crippen molar-refractivity contribution in [3.63, 3.8) is 0 Å². The lowest BCUT2D eigenvalue weighted by Gasteiger charge is -2.09. The Kier molecular flexibility index (Phi) is 4.46. The monoisotopic (exact) mass is 310 g/mol. The number of esters is 1. The molecule has 5 heteroatoms. The first-order chi connectivity index (χ1) is 11.2. The van der Waals surface area contributed by atoms with E-state index < -0.39 is 5.97 Å². The minimum Gasteiger partial charge on any atom is -0.462 e. The standard InChI is InChI=1S/C18H18N2O3/c1-2-23-18(22)14-11-19-17(16(21)13-8-9-13)20-15(14)10-12-6-4-3-5-7-12/h3-7,11,13H,2,8-10H2,1H3. The average molecular weight is 310 g/mol. The molecule has 0 saturated heterocycles. The summed E-state index contributed by atoms with van der Waals surface area (Å²) >= 11 is 0. The molecule has 1 aromatic heterocycles. The number of carbonyl (C=O) groups excluding carboxylic acids is 2. The molecule has 0 aliphatic heterocycles. The third kappa shape index (κ3) is 3.62. The molecule has 0 atom stereocenters. The van der Waals surface area contributed by atoms with E-state index in [0.29, 0.717) is 17.7 Å². The summed E-state index contributed by atoms with van der Waals surface area (Å²) < 4.78 is 5.06. The molecule has 1 fully saturated rings. The molecule has 0 amide bonds. The first-order valence-electron chi connectivity index (χ1n) is 7.80. The number of rotatable bonds is 6. The second kappa shape index (κ2) is 6.69.